The molecular formula is C23H39IN4O4. The molecule has 2 atom stereocenters. The summed E-state index contributed by atoms with van der Waals surface area (Å²) in [6.07, 6.45) is 3.49. The van der Waals surface area contributed by atoms with Crippen molar-refractivity contribution in [1.29, 1.82) is 0 Å². The number of guanidine groups is 1. The van der Waals surface area contributed by atoms with Gasteiger partial charge in [0.25, 0.3) is 0 Å². The average molecular weight is 562 g/mol. The fraction of sp³-hybridized carbons (Fsp3) is 0.696. The van der Waals surface area contributed by atoms with E-state index < -0.39 is 0 Å². The minimum atomic E-state index is 0. The lowest BCUT2D eigenvalue weighted by Gasteiger charge is -2.35. The largest absolute Gasteiger partial charge is 0.497 e. The van der Waals surface area contributed by atoms with Gasteiger partial charge in [0.2, 0.25) is 0 Å². The van der Waals surface area contributed by atoms with Crippen LogP contribution in [0.15, 0.2) is 29.3 Å². The Hall–Kier alpha value is -1.14. The quantitative estimate of drug-likeness (QED) is 0.186. The first-order valence-corrected chi connectivity index (χ1v) is 11.4. The van der Waals surface area contributed by atoms with E-state index in [2.05, 4.69) is 32.7 Å². The summed E-state index contributed by atoms with van der Waals surface area (Å²) in [4.78, 5) is 6.84. The van der Waals surface area contributed by atoms with Crippen molar-refractivity contribution in [1.82, 2.24) is 15.5 Å². The second-order valence-electron chi connectivity index (χ2n) is 7.88. The molecule has 1 aromatic carbocycles. The smallest absolute Gasteiger partial charge is 0.191 e. The van der Waals surface area contributed by atoms with Crippen LogP contribution in [0.5, 0.6) is 5.75 Å². The highest BCUT2D eigenvalue weighted by molar-refractivity contribution is 14.0. The number of methoxy groups -OCH3 is 1. The van der Waals surface area contributed by atoms with Crippen LogP contribution >= 0.6 is 24.0 Å². The van der Waals surface area contributed by atoms with Gasteiger partial charge in [0, 0.05) is 46.4 Å². The fourth-order valence-corrected chi connectivity index (χ4v) is 3.96. The van der Waals surface area contributed by atoms with Crippen molar-refractivity contribution in [3.05, 3.63) is 29.8 Å². The van der Waals surface area contributed by atoms with Gasteiger partial charge < -0.3 is 29.6 Å². The van der Waals surface area contributed by atoms with Crippen LogP contribution in [-0.2, 0) is 14.2 Å². The zero-order valence-electron chi connectivity index (χ0n) is 19.4. The highest BCUT2D eigenvalue weighted by Crippen LogP contribution is 2.23. The van der Waals surface area contributed by atoms with Gasteiger partial charge in [0.05, 0.1) is 39.1 Å². The number of benzene rings is 1. The van der Waals surface area contributed by atoms with Crippen molar-refractivity contribution >= 4 is 29.9 Å². The lowest BCUT2D eigenvalue weighted by molar-refractivity contribution is 0.0165. The molecule has 0 bridgehead atoms. The predicted octanol–water partition coefficient (Wildman–Crippen LogP) is 2.44. The third-order valence-corrected chi connectivity index (χ3v) is 5.76. The molecular weight excluding hydrogens is 523 g/mol. The highest BCUT2D eigenvalue weighted by atomic mass is 127. The molecule has 0 aliphatic carbocycles. The second-order valence-corrected chi connectivity index (χ2v) is 7.88. The molecule has 0 saturated carbocycles. The Morgan fingerprint density at radius 2 is 1.97 bits per heavy atom. The van der Waals surface area contributed by atoms with Gasteiger partial charge in [-0.05, 0) is 37.0 Å². The Bertz CT molecular complexity index is 650. The van der Waals surface area contributed by atoms with Crippen molar-refractivity contribution in [3.8, 4) is 5.75 Å². The van der Waals surface area contributed by atoms with Crippen LogP contribution in [-0.4, -0.2) is 90.3 Å². The van der Waals surface area contributed by atoms with Gasteiger partial charge in [0.1, 0.15) is 5.75 Å². The molecule has 3 rings (SSSR count). The molecule has 0 spiro atoms. The fourth-order valence-electron chi connectivity index (χ4n) is 3.96. The van der Waals surface area contributed by atoms with E-state index in [0.29, 0.717) is 6.61 Å². The molecule has 182 valence electrons. The van der Waals surface area contributed by atoms with Crippen LogP contribution < -0.4 is 15.4 Å². The van der Waals surface area contributed by atoms with E-state index >= 15 is 0 Å². The molecule has 0 amide bonds. The molecule has 2 aliphatic heterocycles. The van der Waals surface area contributed by atoms with Crippen molar-refractivity contribution in [3.63, 3.8) is 0 Å². The number of aliphatic imine (C=N–C) groups is 1. The van der Waals surface area contributed by atoms with Crippen molar-refractivity contribution in [2.45, 2.75) is 31.4 Å². The molecule has 2 heterocycles. The Kier molecular flexibility index (Phi) is 13.3. The number of morpholine rings is 1. The average Bonchev–Trinajstić information content (AvgIpc) is 3.34. The minimum Gasteiger partial charge on any atom is -0.497 e. The number of hydrogen-bond acceptors (Lipinski definition) is 6. The molecule has 2 fully saturated rings. The summed E-state index contributed by atoms with van der Waals surface area (Å²) >= 11 is 0. The van der Waals surface area contributed by atoms with Crippen molar-refractivity contribution in [2.24, 2.45) is 4.99 Å². The monoisotopic (exact) mass is 562 g/mol. The maximum absolute atomic E-state index is 5.73. The van der Waals surface area contributed by atoms with Crippen LogP contribution in [0.1, 0.15) is 30.9 Å². The van der Waals surface area contributed by atoms with E-state index in [1.807, 2.05) is 12.1 Å². The first-order chi connectivity index (χ1) is 15.3. The molecule has 2 unspecified atom stereocenters. The number of ether oxygens (including phenoxy) is 4. The first kappa shape index (κ1) is 27.1. The Morgan fingerprint density at radius 3 is 2.62 bits per heavy atom. The van der Waals surface area contributed by atoms with Gasteiger partial charge in [-0.15, -0.1) is 24.0 Å². The standard InChI is InChI=1S/C23H38N4O4.HI/c1-24-23(25-10-4-13-30-18-21-5-3-14-31-21)26-17-22(27-11-15-29-16-12-27)19-6-8-20(28-2)9-7-19;/h6-9,21-22H,3-5,10-18H2,1-2H3,(H2,24,25,26);1H. The van der Waals surface area contributed by atoms with Gasteiger partial charge in [-0.1, -0.05) is 12.1 Å². The summed E-state index contributed by atoms with van der Waals surface area (Å²) in [5.74, 6) is 1.68. The second kappa shape index (κ2) is 15.7. The van der Waals surface area contributed by atoms with Crippen LogP contribution in [0.2, 0.25) is 0 Å². The van der Waals surface area contributed by atoms with Gasteiger partial charge in [0.15, 0.2) is 5.96 Å². The van der Waals surface area contributed by atoms with E-state index in [1.54, 1.807) is 14.2 Å². The Labute approximate surface area is 209 Å². The first-order valence-electron chi connectivity index (χ1n) is 11.4. The third kappa shape index (κ3) is 9.01. The van der Waals surface area contributed by atoms with Gasteiger partial charge >= 0.3 is 0 Å². The molecule has 0 radical (unpaired) electrons. The number of hydrogen-bond donors (Lipinski definition) is 2. The molecule has 0 aromatic heterocycles. The molecule has 32 heavy (non-hydrogen) atoms. The molecule has 2 aliphatic rings. The van der Waals surface area contributed by atoms with Crippen LogP contribution in [0.4, 0.5) is 0 Å². The van der Waals surface area contributed by atoms with E-state index in [1.165, 1.54) is 5.56 Å². The van der Waals surface area contributed by atoms with Crippen molar-refractivity contribution < 1.29 is 18.9 Å². The SMILES string of the molecule is CN=C(NCCCOCC1CCCO1)NCC(c1ccc(OC)cc1)N1CCOCC1.I. The summed E-state index contributed by atoms with van der Waals surface area (Å²) in [5, 5.41) is 6.88. The Balaban J connectivity index is 0.00000363. The van der Waals surface area contributed by atoms with Crippen molar-refractivity contribution in [2.75, 3.05) is 73.4 Å². The van der Waals surface area contributed by atoms with E-state index in [9.17, 15) is 0 Å². The summed E-state index contributed by atoms with van der Waals surface area (Å²) in [7, 11) is 3.50. The lowest BCUT2D eigenvalue weighted by atomic mass is 10.0. The van der Waals surface area contributed by atoms with E-state index in [-0.39, 0.29) is 36.1 Å². The topological polar surface area (TPSA) is 76.6 Å². The van der Waals surface area contributed by atoms with E-state index in [0.717, 1.165) is 83.6 Å². The summed E-state index contributed by atoms with van der Waals surface area (Å²) < 4.78 is 22.2. The molecule has 1 aromatic rings. The molecule has 8 nitrogen and oxygen atoms in total. The van der Waals surface area contributed by atoms with Crippen LogP contribution in [0.3, 0.4) is 0 Å². The van der Waals surface area contributed by atoms with Gasteiger partial charge in [-0.3, -0.25) is 9.89 Å². The highest BCUT2D eigenvalue weighted by Gasteiger charge is 2.23. The maximum Gasteiger partial charge on any atom is 0.191 e. The normalized spacial score (nSPS) is 20.4. The van der Waals surface area contributed by atoms with E-state index in [4.69, 9.17) is 18.9 Å². The summed E-state index contributed by atoms with van der Waals surface area (Å²) in [5.41, 5.74) is 1.26. The predicted molar refractivity (Wildman–Crippen MR) is 137 cm³/mol. The zero-order valence-corrected chi connectivity index (χ0v) is 21.7. The van der Waals surface area contributed by atoms with Crippen LogP contribution in [0.25, 0.3) is 0 Å². The minimum absolute atomic E-state index is 0. The molecule has 2 saturated heterocycles. The number of halogens is 1. The molecule has 9 heteroatoms. The van der Waals surface area contributed by atoms with Gasteiger partial charge in [-0.25, -0.2) is 0 Å². The number of nitrogens with one attached hydrogen (secondary N) is 2. The number of rotatable bonds is 11. The van der Waals surface area contributed by atoms with Crippen LogP contribution in [0, 0.1) is 0 Å². The number of nitrogens with zero attached hydrogens (tertiary/aromatic N) is 2. The maximum atomic E-state index is 5.73. The molecule has 2 N–H and O–H groups in total. The zero-order chi connectivity index (χ0) is 21.7. The third-order valence-electron chi connectivity index (χ3n) is 5.76. The summed E-state index contributed by atoms with van der Waals surface area (Å²) in [6.45, 7) is 7.27. The summed E-state index contributed by atoms with van der Waals surface area (Å²) in [6, 6.07) is 8.56. The van der Waals surface area contributed by atoms with Gasteiger partial charge in [-0.2, -0.15) is 0 Å². The Morgan fingerprint density at radius 1 is 1.19 bits per heavy atom. The lowest BCUT2D eigenvalue weighted by Crippen LogP contribution is -2.46.